The molecule has 0 saturated carbocycles. The molecule has 0 aromatic heterocycles. The molecular weight excluding hydrogens is 436 g/mol. The standard InChI is InChI=1S/C31H30O4/c32-30-21-28(33-22-24-13-5-1-6-14-24)29(35-30)23-34-31(25-15-7-2-8-16-25,26-17-9-3-10-18-26)27-19-11-4-12-20-27/h1-20,28-30,32H,21-23H2/t28-,29+,30-/m0/s1. The Hall–Kier alpha value is -3.28. The summed E-state index contributed by atoms with van der Waals surface area (Å²) in [5.41, 5.74) is 3.32. The summed E-state index contributed by atoms with van der Waals surface area (Å²) >= 11 is 0. The first-order valence-corrected chi connectivity index (χ1v) is 12.1. The Balaban J connectivity index is 1.46. The van der Waals surface area contributed by atoms with E-state index in [1.807, 2.05) is 84.9 Å². The molecule has 5 rings (SSSR count). The molecule has 4 aromatic rings. The van der Waals surface area contributed by atoms with Gasteiger partial charge in [-0.1, -0.05) is 121 Å². The molecule has 1 aliphatic rings. The highest BCUT2D eigenvalue weighted by molar-refractivity contribution is 5.47. The van der Waals surface area contributed by atoms with E-state index in [-0.39, 0.29) is 12.7 Å². The van der Waals surface area contributed by atoms with Crippen molar-refractivity contribution in [3.8, 4) is 0 Å². The molecule has 1 aliphatic heterocycles. The van der Waals surface area contributed by atoms with Crippen molar-refractivity contribution in [2.75, 3.05) is 6.61 Å². The second-order valence-electron chi connectivity index (χ2n) is 8.79. The third-order valence-electron chi connectivity index (χ3n) is 6.49. The van der Waals surface area contributed by atoms with Gasteiger partial charge in [0, 0.05) is 6.42 Å². The van der Waals surface area contributed by atoms with Crippen molar-refractivity contribution >= 4 is 0 Å². The van der Waals surface area contributed by atoms with Gasteiger partial charge in [-0.3, -0.25) is 0 Å². The Morgan fingerprint density at radius 1 is 0.686 bits per heavy atom. The van der Waals surface area contributed by atoms with Gasteiger partial charge in [-0.25, -0.2) is 0 Å². The van der Waals surface area contributed by atoms with E-state index in [1.165, 1.54) is 0 Å². The number of aliphatic hydroxyl groups is 1. The Kier molecular flexibility index (Phi) is 7.36. The lowest BCUT2D eigenvalue weighted by atomic mass is 9.80. The maximum absolute atomic E-state index is 10.3. The van der Waals surface area contributed by atoms with Crippen LogP contribution in [0.4, 0.5) is 0 Å². The largest absolute Gasteiger partial charge is 0.371 e. The summed E-state index contributed by atoms with van der Waals surface area (Å²) in [6, 6.07) is 40.8. The first-order valence-electron chi connectivity index (χ1n) is 12.1. The highest BCUT2D eigenvalue weighted by Gasteiger charge is 2.41. The highest BCUT2D eigenvalue weighted by atomic mass is 16.6. The van der Waals surface area contributed by atoms with Crippen LogP contribution in [-0.2, 0) is 26.4 Å². The van der Waals surface area contributed by atoms with Crippen molar-refractivity contribution in [1.29, 1.82) is 0 Å². The van der Waals surface area contributed by atoms with Crippen molar-refractivity contribution in [3.63, 3.8) is 0 Å². The Morgan fingerprint density at radius 3 is 1.63 bits per heavy atom. The third kappa shape index (κ3) is 5.21. The van der Waals surface area contributed by atoms with Crippen LogP contribution < -0.4 is 0 Å². The smallest absolute Gasteiger partial charge is 0.157 e. The molecule has 1 heterocycles. The minimum absolute atomic E-state index is 0.259. The Bertz CT molecular complexity index is 1070. The Labute approximate surface area is 206 Å². The van der Waals surface area contributed by atoms with Crippen LogP contribution in [0.2, 0.25) is 0 Å². The molecule has 35 heavy (non-hydrogen) atoms. The number of ether oxygens (including phenoxy) is 3. The summed E-state index contributed by atoms with van der Waals surface area (Å²) in [5.74, 6) is 0. The van der Waals surface area contributed by atoms with E-state index < -0.39 is 18.0 Å². The van der Waals surface area contributed by atoms with Gasteiger partial charge in [0.2, 0.25) is 0 Å². The van der Waals surface area contributed by atoms with E-state index in [1.54, 1.807) is 0 Å². The van der Waals surface area contributed by atoms with Gasteiger partial charge >= 0.3 is 0 Å². The van der Waals surface area contributed by atoms with Gasteiger partial charge in [0.05, 0.1) is 19.3 Å². The molecule has 178 valence electrons. The molecule has 3 atom stereocenters. The molecule has 1 fully saturated rings. The second-order valence-corrected chi connectivity index (χ2v) is 8.79. The molecule has 1 N–H and O–H groups in total. The minimum Gasteiger partial charge on any atom is -0.371 e. The lowest BCUT2D eigenvalue weighted by Crippen LogP contribution is -2.38. The second kappa shape index (κ2) is 11.0. The quantitative estimate of drug-likeness (QED) is 0.322. The fraction of sp³-hybridized carbons (Fsp3) is 0.226. The predicted molar refractivity (Wildman–Crippen MR) is 136 cm³/mol. The SMILES string of the molecule is O[C@@H]1C[C@H](OCc2ccccc2)[C@@H](COC(c2ccccc2)(c2ccccc2)c2ccccc2)O1. The third-order valence-corrected chi connectivity index (χ3v) is 6.49. The van der Waals surface area contributed by atoms with Gasteiger partial charge in [0.1, 0.15) is 11.7 Å². The lowest BCUT2D eigenvalue weighted by Gasteiger charge is -2.37. The van der Waals surface area contributed by atoms with Gasteiger partial charge in [0.15, 0.2) is 6.29 Å². The molecule has 0 unspecified atom stereocenters. The summed E-state index contributed by atoms with van der Waals surface area (Å²) in [4.78, 5) is 0. The van der Waals surface area contributed by atoms with Gasteiger partial charge in [-0.05, 0) is 22.3 Å². The van der Waals surface area contributed by atoms with Crippen LogP contribution in [0.25, 0.3) is 0 Å². The van der Waals surface area contributed by atoms with E-state index >= 15 is 0 Å². The zero-order valence-electron chi connectivity index (χ0n) is 19.6. The number of rotatable bonds is 9. The van der Waals surface area contributed by atoms with Crippen LogP contribution >= 0.6 is 0 Å². The number of aliphatic hydroxyl groups excluding tert-OH is 1. The van der Waals surface area contributed by atoms with Gasteiger partial charge in [0.25, 0.3) is 0 Å². The van der Waals surface area contributed by atoms with Crippen LogP contribution in [0.3, 0.4) is 0 Å². The molecule has 4 heteroatoms. The zero-order valence-corrected chi connectivity index (χ0v) is 19.6. The summed E-state index contributed by atoms with van der Waals surface area (Å²) < 4.78 is 18.9. The fourth-order valence-electron chi connectivity index (χ4n) is 4.77. The zero-order chi connectivity index (χ0) is 23.9. The molecule has 0 amide bonds. The number of hydrogen-bond acceptors (Lipinski definition) is 4. The molecule has 0 bridgehead atoms. The molecule has 4 nitrogen and oxygen atoms in total. The molecule has 0 aliphatic carbocycles. The molecular formula is C31H30O4. The van der Waals surface area contributed by atoms with Crippen LogP contribution in [0, 0.1) is 0 Å². The van der Waals surface area contributed by atoms with E-state index in [9.17, 15) is 5.11 Å². The van der Waals surface area contributed by atoms with Crippen LogP contribution in [0.1, 0.15) is 28.7 Å². The monoisotopic (exact) mass is 466 g/mol. The summed E-state index contributed by atoms with van der Waals surface area (Å²) in [5, 5.41) is 10.3. The molecule has 0 radical (unpaired) electrons. The van der Waals surface area contributed by atoms with E-state index in [0.717, 1.165) is 22.3 Å². The lowest BCUT2D eigenvalue weighted by molar-refractivity contribution is -0.136. The van der Waals surface area contributed by atoms with Crippen LogP contribution in [0.15, 0.2) is 121 Å². The van der Waals surface area contributed by atoms with Crippen molar-refractivity contribution in [3.05, 3.63) is 144 Å². The maximum Gasteiger partial charge on any atom is 0.157 e. The van der Waals surface area contributed by atoms with Crippen molar-refractivity contribution < 1.29 is 19.3 Å². The average molecular weight is 467 g/mol. The number of hydrogen-bond donors (Lipinski definition) is 1. The average Bonchev–Trinajstić information content (AvgIpc) is 3.29. The van der Waals surface area contributed by atoms with E-state index in [4.69, 9.17) is 14.2 Å². The van der Waals surface area contributed by atoms with Crippen molar-refractivity contribution in [2.24, 2.45) is 0 Å². The minimum atomic E-state index is -0.871. The topological polar surface area (TPSA) is 47.9 Å². The van der Waals surface area contributed by atoms with Crippen LogP contribution in [-0.4, -0.2) is 30.2 Å². The molecule has 4 aromatic carbocycles. The predicted octanol–water partition coefficient (Wildman–Crippen LogP) is 5.69. The molecule has 0 spiro atoms. The first kappa shape index (κ1) is 23.5. The van der Waals surface area contributed by atoms with Gasteiger partial charge in [-0.15, -0.1) is 0 Å². The Morgan fingerprint density at radius 2 is 1.14 bits per heavy atom. The fourth-order valence-corrected chi connectivity index (χ4v) is 4.77. The van der Waals surface area contributed by atoms with Crippen LogP contribution in [0.5, 0.6) is 0 Å². The van der Waals surface area contributed by atoms with Crippen molar-refractivity contribution in [1.82, 2.24) is 0 Å². The van der Waals surface area contributed by atoms with Crippen molar-refractivity contribution in [2.45, 2.75) is 37.1 Å². The summed E-state index contributed by atoms with van der Waals surface area (Å²) in [6.45, 7) is 0.717. The van der Waals surface area contributed by atoms with Gasteiger partial charge < -0.3 is 19.3 Å². The van der Waals surface area contributed by atoms with E-state index in [0.29, 0.717) is 13.0 Å². The summed E-state index contributed by atoms with van der Waals surface area (Å²) in [7, 11) is 0. The van der Waals surface area contributed by atoms with E-state index in [2.05, 4.69) is 36.4 Å². The normalized spacial score (nSPS) is 20.1. The number of benzene rings is 4. The molecule has 1 saturated heterocycles. The first-order chi connectivity index (χ1) is 17.3. The highest BCUT2D eigenvalue weighted by Crippen LogP contribution is 2.41. The maximum atomic E-state index is 10.3. The summed E-state index contributed by atoms with van der Waals surface area (Å²) in [6.07, 6.45) is -1.13. The van der Waals surface area contributed by atoms with Gasteiger partial charge in [-0.2, -0.15) is 0 Å².